The SMILES string of the molecule is COC(=O)CCCCNC(=NCCCOCC1CC1)Nc1ccc(OC(C)C)cc1. The first-order valence-corrected chi connectivity index (χ1v) is 11.0. The first-order valence-electron chi connectivity index (χ1n) is 11.0. The van der Waals surface area contributed by atoms with E-state index in [4.69, 9.17) is 9.47 Å². The van der Waals surface area contributed by atoms with Gasteiger partial charge in [0, 0.05) is 38.4 Å². The third-order valence-electron chi connectivity index (χ3n) is 4.58. The summed E-state index contributed by atoms with van der Waals surface area (Å²) < 4.78 is 16.1. The highest BCUT2D eigenvalue weighted by Crippen LogP contribution is 2.28. The van der Waals surface area contributed by atoms with Crippen LogP contribution < -0.4 is 15.4 Å². The average Bonchev–Trinajstić information content (AvgIpc) is 3.55. The largest absolute Gasteiger partial charge is 0.491 e. The van der Waals surface area contributed by atoms with Crippen molar-refractivity contribution in [1.82, 2.24) is 5.32 Å². The zero-order chi connectivity index (χ0) is 21.6. The zero-order valence-corrected chi connectivity index (χ0v) is 18.6. The summed E-state index contributed by atoms with van der Waals surface area (Å²) >= 11 is 0. The van der Waals surface area contributed by atoms with Crippen LogP contribution in [-0.4, -0.2) is 51.4 Å². The Morgan fingerprint density at radius 3 is 2.60 bits per heavy atom. The summed E-state index contributed by atoms with van der Waals surface area (Å²) in [7, 11) is 1.42. The number of rotatable bonds is 14. The molecule has 7 nitrogen and oxygen atoms in total. The fourth-order valence-corrected chi connectivity index (χ4v) is 2.76. The van der Waals surface area contributed by atoms with Gasteiger partial charge in [0.2, 0.25) is 0 Å². The summed E-state index contributed by atoms with van der Waals surface area (Å²) in [5.74, 6) is 2.20. The lowest BCUT2D eigenvalue weighted by Gasteiger charge is -2.14. The average molecular weight is 420 g/mol. The van der Waals surface area contributed by atoms with Gasteiger partial charge in [-0.2, -0.15) is 0 Å². The van der Waals surface area contributed by atoms with Crippen LogP contribution in [-0.2, 0) is 14.3 Å². The van der Waals surface area contributed by atoms with Crippen molar-refractivity contribution in [3.05, 3.63) is 24.3 Å². The van der Waals surface area contributed by atoms with E-state index < -0.39 is 0 Å². The van der Waals surface area contributed by atoms with E-state index in [9.17, 15) is 4.79 Å². The minimum atomic E-state index is -0.170. The predicted octanol–water partition coefficient (Wildman–Crippen LogP) is 3.99. The summed E-state index contributed by atoms with van der Waals surface area (Å²) in [6.07, 6.45) is 5.75. The van der Waals surface area contributed by atoms with E-state index in [1.807, 2.05) is 38.1 Å². The van der Waals surface area contributed by atoms with Crippen molar-refractivity contribution >= 4 is 17.6 Å². The highest BCUT2D eigenvalue weighted by Gasteiger charge is 2.20. The molecular weight excluding hydrogens is 382 g/mol. The molecule has 1 saturated carbocycles. The van der Waals surface area contributed by atoms with E-state index in [0.717, 1.165) is 62.3 Å². The molecule has 2 rings (SSSR count). The highest BCUT2D eigenvalue weighted by atomic mass is 16.5. The van der Waals surface area contributed by atoms with Crippen LogP contribution in [0.15, 0.2) is 29.3 Å². The van der Waals surface area contributed by atoms with Crippen molar-refractivity contribution < 1.29 is 19.0 Å². The Labute approximate surface area is 180 Å². The van der Waals surface area contributed by atoms with Gasteiger partial charge >= 0.3 is 5.97 Å². The second kappa shape index (κ2) is 13.9. The number of hydrogen-bond donors (Lipinski definition) is 2. The number of aliphatic imine (C=N–C) groups is 1. The number of ether oxygens (including phenoxy) is 3. The molecule has 1 fully saturated rings. The Morgan fingerprint density at radius 2 is 1.93 bits per heavy atom. The number of hydrogen-bond acceptors (Lipinski definition) is 5. The number of anilines is 1. The Bertz CT molecular complexity index is 642. The lowest BCUT2D eigenvalue weighted by molar-refractivity contribution is -0.140. The smallest absolute Gasteiger partial charge is 0.305 e. The quantitative estimate of drug-likeness (QED) is 0.205. The second-order valence-electron chi connectivity index (χ2n) is 7.88. The molecule has 1 aromatic rings. The van der Waals surface area contributed by atoms with Gasteiger partial charge in [0.15, 0.2) is 5.96 Å². The number of unbranched alkanes of at least 4 members (excludes halogenated alkanes) is 1. The van der Waals surface area contributed by atoms with Gasteiger partial charge in [0.25, 0.3) is 0 Å². The Balaban J connectivity index is 1.78. The van der Waals surface area contributed by atoms with Crippen LogP contribution in [0.1, 0.15) is 52.4 Å². The van der Waals surface area contributed by atoms with Gasteiger partial charge in [-0.05, 0) is 76.1 Å². The lowest BCUT2D eigenvalue weighted by Crippen LogP contribution is -2.32. The van der Waals surface area contributed by atoms with E-state index in [2.05, 4.69) is 20.4 Å². The van der Waals surface area contributed by atoms with Crippen LogP contribution in [0.2, 0.25) is 0 Å². The number of guanidine groups is 1. The normalized spacial score (nSPS) is 13.9. The number of nitrogens with one attached hydrogen (secondary N) is 2. The topological polar surface area (TPSA) is 81.2 Å². The molecule has 2 N–H and O–H groups in total. The van der Waals surface area contributed by atoms with Crippen molar-refractivity contribution in [2.45, 2.75) is 58.5 Å². The minimum Gasteiger partial charge on any atom is -0.491 e. The molecule has 0 aromatic heterocycles. The van der Waals surface area contributed by atoms with Crippen molar-refractivity contribution in [1.29, 1.82) is 0 Å². The molecular formula is C23H37N3O4. The third-order valence-corrected chi connectivity index (χ3v) is 4.58. The number of methoxy groups -OCH3 is 1. The van der Waals surface area contributed by atoms with E-state index in [1.165, 1.54) is 20.0 Å². The van der Waals surface area contributed by atoms with E-state index in [-0.39, 0.29) is 12.1 Å². The molecule has 0 aliphatic heterocycles. The van der Waals surface area contributed by atoms with Crippen molar-refractivity contribution in [2.75, 3.05) is 38.7 Å². The molecule has 0 bridgehead atoms. The lowest BCUT2D eigenvalue weighted by atomic mass is 10.2. The standard InChI is InChI=1S/C23H37N3O4/c1-18(2)30-21-12-10-20(11-13-21)26-23(24-14-5-4-7-22(27)28-3)25-15-6-16-29-17-19-8-9-19/h10-13,18-19H,4-9,14-17H2,1-3H3,(H2,24,25,26). The van der Waals surface area contributed by atoms with E-state index in [0.29, 0.717) is 13.0 Å². The molecule has 1 aromatic carbocycles. The second-order valence-corrected chi connectivity index (χ2v) is 7.88. The molecule has 0 amide bonds. The number of nitrogens with zero attached hydrogens (tertiary/aromatic N) is 1. The van der Waals surface area contributed by atoms with Gasteiger partial charge in [-0.15, -0.1) is 0 Å². The van der Waals surface area contributed by atoms with Crippen molar-refractivity contribution in [2.24, 2.45) is 10.9 Å². The Kier molecular flexibility index (Phi) is 11.1. The highest BCUT2D eigenvalue weighted by molar-refractivity contribution is 5.93. The van der Waals surface area contributed by atoms with Gasteiger partial charge < -0.3 is 24.8 Å². The maximum absolute atomic E-state index is 11.2. The van der Waals surface area contributed by atoms with Crippen molar-refractivity contribution in [3.8, 4) is 5.75 Å². The summed E-state index contributed by atoms with van der Waals surface area (Å²) in [6, 6.07) is 7.85. The van der Waals surface area contributed by atoms with Crippen LogP contribution in [0.5, 0.6) is 5.75 Å². The minimum absolute atomic E-state index is 0.148. The van der Waals surface area contributed by atoms with Gasteiger partial charge in [-0.25, -0.2) is 0 Å². The molecule has 0 saturated heterocycles. The molecule has 1 aliphatic carbocycles. The summed E-state index contributed by atoms with van der Waals surface area (Å²) in [5.41, 5.74) is 0.942. The van der Waals surface area contributed by atoms with Crippen LogP contribution in [0, 0.1) is 5.92 Å². The summed E-state index contributed by atoms with van der Waals surface area (Å²) in [6.45, 7) is 7.07. The Hall–Kier alpha value is -2.28. The summed E-state index contributed by atoms with van der Waals surface area (Å²) in [5, 5.41) is 6.68. The maximum Gasteiger partial charge on any atom is 0.305 e. The first kappa shape index (κ1) is 24.0. The number of carbonyl (C=O) groups is 1. The first-order chi connectivity index (χ1) is 14.6. The molecule has 0 spiro atoms. The van der Waals surface area contributed by atoms with Crippen LogP contribution >= 0.6 is 0 Å². The molecule has 7 heteroatoms. The van der Waals surface area contributed by atoms with E-state index in [1.54, 1.807) is 0 Å². The third kappa shape index (κ3) is 11.0. The number of benzene rings is 1. The number of carbonyl (C=O) groups excluding carboxylic acids is 1. The maximum atomic E-state index is 11.2. The van der Waals surface area contributed by atoms with Crippen LogP contribution in [0.3, 0.4) is 0 Å². The van der Waals surface area contributed by atoms with Gasteiger partial charge in [-0.3, -0.25) is 9.79 Å². The monoisotopic (exact) mass is 419 g/mol. The summed E-state index contributed by atoms with van der Waals surface area (Å²) in [4.78, 5) is 15.9. The fraction of sp³-hybridized carbons (Fsp3) is 0.652. The molecule has 168 valence electrons. The van der Waals surface area contributed by atoms with E-state index >= 15 is 0 Å². The van der Waals surface area contributed by atoms with Crippen LogP contribution in [0.4, 0.5) is 5.69 Å². The van der Waals surface area contributed by atoms with Gasteiger partial charge in [0.1, 0.15) is 5.75 Å². The number of esters is 1. The molecule has 30 heavy (non-hydrogen) atoms. The van der Waals surface area contributed by atoms with Gasteiger partial charge in [0.05, 0.1) is 13.2 Å². The van der Waals surface area contributed by atoms with Crippen molar-refractivity contribution in [3.63, 3.8) is 0 Å². The molecule has 0 unspecified atom stereocenters. The predicted molar refractivity (Wildman–Crippen MR) is 120 cm³/mol. The molecule has 1 aliphatic rings. The molecule has 0 radical (unpaired) electrons. The molecule has 0 heterocycles. The zero-order valence-electron chi connectivity index (χ0n) is 18.6. The molecule has 0 atom stereocenters. The fourth-order valence-electron chi connectivity index (χ4n) is 2.76. The Morgan fingerprint density at radius 1 is 1.17 bits per heavy atom. The van der Waals surface area contributed by atoms with Crippen LogP contribution in [0.25, 0.3) is 0 Å². The van der Waals surface area contributed by atoms with Gasteiger partial charge in [-0.1, -0.05) is 0 Å².